The van der Waals surface area contributed by atoms with E-state index in [4.69, 9.17) is 0 Å². The van der Waals surface area contributed by atoms with E-state index in [2.05, 4.69) is 33.4 Å². The summed E-state index contributed by atoms with van der Waals surface area (Å²) in [5.74, 6) is 0. The van der Waals surface area contributed by atoms with Crippen LogP contribution in [0.15, 0.2) is 60.9 Å². The number of benzene rings is 2. The lowest BCUT2D eigenvalue weighted by atomic mass is 10.0. The first-order valence-electron chi connectivity index (χ1n) is 9.46. The van der Waals surface area contributed by atoms with Gasteiger partial charge in [0.15, 0.2) is 0 Å². The standard InChI is InChI=1S/C22H22F3N3/c23-22(24,25)19-6-3-16(4-7-19)14-28-11-1-2-21(15-28)27-20-8-5-18-13-26-10-9-17(18)12-20/h3-10,12-13,21,27H,1-2,11,14-15H2/t21-/m1/s1. The molecule has 0 spiro atoms. The number of piperidine rings is 1. The van der Waals surface area contributed by atoms with Crippen LogP contribution >= 0.6 is 0 Å². The highest BCUT2D eigenvalue weighted by molar-refractivity contribution is 5.84. The van der Waals surface area contributed by atoms with Crippen LogP contribution in [0, 0.1) is 0 Å². The lowest BCUT2D eigenvalue weighted by Gasteiger charge is -2.33. The molecule has 1 saturated heterocycles. The van der Waals surface area contributed by atoms with E-state index >= 15 is 0 Å². The molecule has 2 heterocycles. The summed E-state index contributed by atoms with van der Waals surface area (Å²) >= 11 is 0. The van der Waals surface area contributed by atoms with Crippen LogP contribution in [0.1, 0.15) is 24.0 Å². The molecule has 0 amide bonds. The van der Waals surface area contributed by atoms with E-state index in [0.717, 1.165) is 48.0 Å². The van der Waals surface area contributed by atoms with E-state index < -0.39 is 11.7 Å². The fourth-order valence-corrected chi connectivity index (χ4v) is 3.78. The van der Waals surface area contributed by atoms with E-state index in [9.17, 15) is 13.2 Å². The number of fused-ring (bicyclic) bond motifs is 1. The number of likely N-dealkylation sites (tertiary alicyclic amines) is 1. The SMILES string of the molecule is FC(F)(F)c1ccc(CN2CCC[C@@H](Nc3ccc4cnccc4c3)C2)cc1. The van der Waals surface area contributed by atoms with E-state index in [1.54, 1.807) is 18.3 Å². The number of nitrogens with zero attached hydrogens (tertiary/aromatic N) is 2. The van der Waals surface area contributed by atoms with Gasteiger partial charge in [-0.15, -0.1) is 0 Å². The number of nitrogens with one attached hydrogen (secondary N) is 1. The molecule has 6 heteroatoms. The average molecular weight is 385 g/mol. The van der Waals surface area contributed by atoms with Gasteiger partial charge in [-0.05, 0) is 60.7 Å². The first kappa shape index (κ1) is 18.7. The molecule has 1 aliphatic rings. The zero-order valence-electron chi connectivity index (χ0n) is 15.4. The molecular formula is C22H22F3N3. The van der Waals surface area contributed by atoms with Crippen LogP contribution < -0.4 is 5.32 Å². The van der Waals surface area contributed by atoms with Crippen molar-refractivity contribution >= 4 is 16.5 Å². The Labute approximate surface area is 162 Å². The largest absolute Gasteiger partial charge is 0.416 e. The number of anilines is 1. The lowest BCUT2D eigenvalue weighted by Crippen LogP contribution is -2.41. The quantitative estimate of drug-likeness (QED) is 0.658. The maximum atomic E-state index is 12.7. The molecule has 0 unspecified atom stereocenters. The summed E-state index contributed by atoms with van der Waals surface area (Å²) in [5, 5.41) is 5.87. The Morgan fingerprint density at radius 3 is 2.64 bits per heavy atom. The molecule has 3 aromatic rings. The molecule has 1 fully saturated rings. The van der Waals surface area contributed by atoms with Crippen LogP contribution in [-0.4, -0.2) is 29.0 Å². The molecule has 1 atom stereocenters. The van der Waals surface area contributed by atoms with Gasteiger partial charge in [0, 0.05) is 42.6 Å². The number of alkyl halides is 3. The summed E-state index contributed by atoms with van der Waals surface area (Å²) in [4.78, 5) is 6.44. The van der Waals surface area contributed by atoms with Gasteiger partial charge in [0.25, 0.3) is 0 Å². The van der Waals surface area contributed by atoms with Gasteiger partial charge in [-0.1, -0.05) is 18.2 Å². The van der Waals surface area contributed by atoms with E-state index in [0.29, 0.717) is 12.6 Å². The Morgan fingerprint density at radius 1 is 1.04 bits per heavy atom. The number of aromatic nitrogens is 1. The number of halogens is 3. The van der Waals surface area contributed by atoms with Gasteiger partial charge < -0.3 is 5.32 Å². The number of pyridine rings is 1. The summed E-state index contributed by atoms with van der Waals surface area (Å²) in [6.45, 7) is 2.50. The van der Waals surface area contributed by atoms with Gasteiger partial charge in [-0.3, -0.25) is 9.88 Å². The number of hydrogen-bond donors (Lipinski definition) is 1. The predicted molar refractivity (Wildman–Crippen MR) is 105 cm³/mol. The Bertz CT molecular complexity index is 938. The van der Waals surface area contributed by atoms with Crippen molar-refractivity contribution in [3.8, 4) is 0 Å². The van der Waals surface area contributed by atoms with E-state index in [-0.39, 0.29) is 0 Å². The Hall–Kier alpha value is -2.60. The second-order valence-electron chi connectivity index (χ2n) is 7.35. The highest BCUT2D eigenvalue weighted by Crippen LogP contribution is 2.29. The topological polar surface area (TPSA) is 28.2 Å². The molecule has 4 rings (SSSR count). The molecule has 0 radical (unpaired) electrons. The van der Waals surface area contributed by atoms with Crippen LogP contribution in [0.3, 0.4) is 0 Å². The zero-order chi connectivity index (χ0) is 19.6. The molecule has 28 heavy (non-hydrogen) atoms. The maximum absolute atomic E-state index is 12.7. The fourth-order valence-electron chi connectivity index (χ4n) is 3.78. The van der Waals surface area contributed by atoms with E-state index in [1.165, 1.54) is 12.1 Å². The lowest BCUT2D eigenvalue weighted by molar-refractivity contribution is -0.137. The van der Waals surface area contributed by atoms with Gasteiger partial charge in [-0.2, -0.15) is 13.2 Å². The third kappa shape index (κ3) is 4.44. The smallest absolute Gasteiger partial charge is 0.381 e. The van der Waals surface area contributed by atoms with Crippen molar-refractivity contribution in [2.45, 2.75) is 31.6 Å². The summed E-state index contributed by atoms with van der Waals surface area (Å²) in [7, 11) is 0. The van der Waals surface area contributed by atoms with Gasteiger partial charge in [0.05, 0.1) is 5.56 Å². The summed E-state index contributed by atoms with van der Waals surface area (Å²) < 4.78 is 38.1. The van der Waals surface area contributed by atoms with Gasteiger partial charge in [-0.25, -0.2) is 0 Å². The molecule has 3 nitrogen and oxygen atoms in total. The van der Waals surface area contributed by atoms with Crippen LogP contribution in [-0.2, 0) is 12.7 Å². The van der Waals surface area contributed by atoms with Crippen molar-refractivity contribution < 1.29 is 13.2 Å². The van der Waals surface area contributed by atoms with Crippen molar-refractivity contribution in [2.24, 2.45) is 0 Å². The van der Waals surface area contributed by atoms with E-state index in [1.807, 2.05) is 12.3 Å². The maximum Gasteiger partial charge on any atom is 0.416 e. The summed E-state index contributed by atoms with van der Waals surface area (Å²) in [5.41, 5.74) is 1.40. The molecule has 2 aromatic carbocycles. The van der Waals surface area contributed by atoms with Gasteiger partial charge in [0.1, 0.15) is 0 Å². The molecule has 0 saturated carbocycles. The first-order valence-corrected chi connectivity index (χ1v) is 9.46. The minimum absolute atomic E-state index is 0.322. The summed E-state index contributed by atoms with van der Waals surface area (Å²) in [6.07, 6.45) is 1.51. The Balaban J connectivity index is 1.38. The molecule has 1 aliphatic heterocycles. The highest BCUT2D eigenvalue weighted by atomic mass is 19.4. The van der Waals surface area contributed by atoms with Crippen LogP contribution in [0.2, 0.25) is 0 Å². The minimum Gasteiger partial charge on any atom is -0.381 e. The molecule has 0 bridgehead atoms. The zero-order valence-corrected chi connectivity index (χ0v) is 15.4. The van der Waals surface area contributed by atoms with Crippen LogP contribution in [0.4, 0.5) is 18.9 Å². The fraction of sp³-hybridized carbons (Fsp3) is 0.318. The van der Waals surface area contributed by atoms with Crippen molar-refractivity contribution in [3.63, 3.8) is 0 Å². The molecule has 1 aromatic heterocycles. The van der Waals surface area contributed by atoms with Crippen LogP contribution in [0.5, 0.6) is 0 Å². The number of rotatable bonds is 4. The molecule has 146 valence electrons. The normalized spacial score (nSPS) is 18.3. The van der Waals surface area contributed by atoms with Gasteiger partial charge >= 0.3 is 6.18 Å². The second kappa shape index (κ2) is 7.80. The van der Waals surface area contributed by atoms with Crippen molar-refractivity contribution in [1.29, 1.82) is 0 Å². The van der Waals surface area contributed by atoms with Crippen LogP contribution in [0.25, 0.3) is 10.8 Å². The van der Waals surface area contributed by atoms with Crippen molar-refractivity contribution in [1.82, 2.24) is 9.88 Å². The minimum atomic E-state index is -4.28. The van der Waals surface area contributed by atoms with Crippen molar-refractivity contribution in [3.05, 3.63) is 72.1 Å². The first-order chi connectivity index (χ1) is 13.5. The Kier molecular flexibility index (Phi) is 5.22. The third-order valence-electron chi connectivity index (χ3n) is 5.20. The molecular weight excluding hydrogens is 363 g/mol. The highest BCUT2D eigenvalue weighted by Gasteiger charge is 2.30. The third-order valence-corrected chi connectivity index (χ3v) is 5.20. The molecule has 0 aliphatic carbocycles. The average Bonchev–Trinajstić information content (AvgIpc) is 2.68. The summed E-state index contributed by atoms with van der Waals surface area (Å²) in [6, 6.07) is 14.1. The predicted octanol–water partition coefficient (Wildman–Crippen LogP) is 5.33. The second-order valence-corrected chi connectivity index (χ2v) is 7.35. The van der Waals surface area contributed by atoms with Crippen molar-refractivity contribution in [2.75, 3.05) is 18.4 Å². The van der Waals surface area contributed by atoms with Gasteiger partial charge in [0.2, 0.25) is 0 Å². The number of hydrogen-bond acceptors (Lipinski definition) is 3. The Morgan fingerprint density at radius 2 is 1.86 bits per heavy atom. The molecule has 1 N–H and O–H groups in total. The monoisotopic (exact) mass is 385 g/mol.